The van der Waals surface area contributed by atoms with Crippen LogP contribution in [0.15, 0.2) is 18.3 Å². The van der Waals surface area contributed by atoms with Crippen LogP contribution in [0.25, 0.3) is 0 Å². The summed E-state index contributed by atoms with van der Waals surface area (Å²) in [4.78, 5) is 15.7. The van der Waals surface area contributed by atoms with E-state index in [1.165, 1.54) is 7.11 Å². The Bertz CT molecular complexity index is 380. The molecule has 18 heavy (non-hydrogen) atoms. The number of nitrogens with zero attached hydrogens (tertiary/aromatic N) is 1. The number of anilines is 1. The van der Waals surface area contributed by atoms with Gasteiger partial charge in [0.05, 0.1) is 7.11 Å². The zero-order valence-corrected chi connectivity index (χ0v) is 11.2. The number of carbonyl (C=O) groups excluding carboxylic acids is 1. The van der Waals surface area contributed by atoms with Gasteiger partial charge >= 0.3 is 0 Å². The molecule has 0 aliphatic rings. The number of pyridine rings is 1. The monoisotopic (exact) mass is 251 g/mol. The molecule has 5 heteroatoms. The Morgan fingerprint density at radius 2 is 2.28 bits per heavy atom. The molecule has 0 aliphatic carbocycles. The molecule has 0 fully saturated rings. The van der Waals surface area contributed by atoms with Crippen molar-refractivity contribution in [2.45, 2.75) is 32.7 Å². The van der Waals surface area contributed by atoms with Crippen molar-refractivity contribution in [3.8, 4) is 5.88 Å². The van der Waals surface area contributed by atoms with E-state index in [2.05, 4.69) is 29.5 Å². The van der Waals surface area contributed by atoms with Gasteiger partial charge in [-0.25, -0.2) is 4.98 Å². The second-order valence-corrected chi connectivity index (χ2v) is 4.32. The number of nitrogens with one attached hydrogen (secondary N) is 2. The molecular formula is C13H21N3O2. The smallest absolute Gasteiger partial charge is 0.237 e. The highest BCUT2D eigenvalue weighted by Crippen LogP contribution is 2.19. The molecule has 0 radical (unpaired) electrons. The first-order valence-electron chi connectivity index (χ1n) is 6.15. The van der Waals surface area contributed by atoms with Crippen LogP contribution in [0, 0.1) is 0 Å². The molecule has 1 heterocycles. The summed E-state index contributed by atoms with van der Waals surface area (Å²) < 4.78 is 5.07. The van der Waals surface area contributed by atoms with Crippen molar-refractivity contribution < 1.29 is 9.53 Å². The summed E-state index contributed by atoms with van der Waals surface area (Å²) >= 11 is 0. The third-order valence-corrected chi connectivity index (χ3v) is 2.37. The average molecular weight is 251 g/mol. The SMILES string of the molecule is COc1ncccc1NC(=O)CCCNC(C)C. The lowest BCUT2D eigenvalue weighted by Crippen LogP contribution is -2.24. The van der Waals surface area contributed by atoms with Gasteiger partial charge < -0.3 is 15.4 Å². The molecule has 1 aromatic heterocycles. The van der Waals surface area contributed by atoms with Gasteiger partial charge in [0.15, 0.2) is 0 Å². The van der Waals surface area contributed by atoms with Gasteiger partial charge in [-0.05, 0) is 25.1 Å². The predicted octanol–water partition coefficient (Wildman–Crippen LogP) is 1.81. The van der Waals surface area contributed by atoms with Gasteiger partial charge in [0.25, 0.3) is 0 Å². The molecule has 1 rings (SSSR count). The van der Waals surface area contributed by atoms with Crippen LogP contribution in [0.4, 0.5) is 5.69 Å². The van der Waals surface area contributed by atoms with Gasteiger partial charge in [-0.3, -0.25) is 4.79 Å². The number of rotatable bonds is 7. The third kappa shape index (κ3) is 5.14. The first-order valence-corrected chi connectivity index (χ1v) is 6.15. The zero-order chi connectivity index (χ0) is 13.4. The van der Waals surface area contributed by atoms with Gasteiger partial charge in [-0.15, -0.1) is 0 Å². The van der Waals surface area contributed by atoms with E-state index in [4.69, 9.17) is 4.74 Å². The van der Waals surface area contributed by atoms with Crippen molar-refractivity contribution in [1.82, 2.24) is 10.3 Å². The molecule has 0 aromatic carbocycles. The summed E-state index contributed by atoms with van der Waals surface area (Å²) in [5.41, 5.74) is 0.613. The summed E-state index contributed by atoms with van der Waals surface area (Å²) in [7, 11) is 1.53. The van der Waals surface area contributed by atoms with E-state index in [-0.39, 0.29) is 5.91 Å². The summed E-state index contributed by atoms with van der Waals surface area (Å²) in [6.07, 6.45) is 2.92. The summed E-state index contributed by atoms with van der Waals surface area (Å²) in [5.74, 6) is 0.415. The van der Waals surface area contributed by atoms with Crippen molar-refractivity contribution in [2.75, 3.05) is 19.0 Å². The highest BCUT2D eigenvalue weighted by atomic mass is 16.5. The third-order valence-electron chi connectivity index (χ3n) is 2.37. The normalized spacial score (nSPS) is 10.4. The van der Waals surface area contributed by atoms with E-state index < -0.39 is 0 Å². The molecule has 1 amide bonds. The van der Waals surface area contributed by atoms with Crippen LogP contribution >= 0.6 is 0 Å². The lowest BCUT2D eigenvalue weighted by Gasteiger charge is -2.09. The molecule has 0 atom stereocenters. The Labute approximate surface area is 108 Å². The van der Waals surface area contributed by atoms with Gasteiger partial charge in [0.1, 0.15) is 5.69 Å². The van der Waals surface area contributed by atoms with Crippen LogP contribution in [0.3, 0.4) is 0 Å². The minimum Gasteiger partial charge on any atom is -0.480 e. The Kier molecular flexibility index (Phi) is 6.14. The van der Waals surface area contributed by atoms with Gasteiger partial charge in [0, 0.05) is 18.7 Å². The fourth-order valence-electron chi connectivity index (χ4n) is 1.50. The summed E-state index contributed by atoms with van der Waals surface area (Å²) in [6, 6.07) is 3.99. The van der Waals surface area contributed by atoms with Crippen LogP contribution < -0.4 is 15.4 Å². The lowest BCUT2D eigenvalue weighted by atomic mass is 10.2. The fraction of sp³-hybridized carbons (Fsp3) is 0.538. The topological polar surface area (TPSA) is 63.2 Å². The van der Waals surface area contributed by atoms with Crippen LogP contribution in [0.1, 0.15) is 26.7 Å². The maximum absolute atomic E-state index is 11.7. The summed E-state index contributed by atoms with van der Waals surface area (Å²) in [5, 5.41) is 6.07. The highest BCUT2D eigenvalue weighted by Gasteiger charge is 2.07. The van der Waals surface area contributed by atoms with E-state index in [0.717, 1.165) is 13.0 Å². The Hall–Kier alpha value is -1.62. The van der Waals surface area contributed by atoms with Crippen molar-refractivity contribution in [3.63, 3.8) is 0 Å². The van der Waals surface area contributed by atoms with Crippen molar-refractivity contribution in [3.05, 3.63) is 18.3 Å². The number of ether oxygens (including phenoxy) is 1. The Morgan fingerprint density at radius 3 is 2.94 bits per heavy atom. The first kappa shape index (κ1) is 14.4. The molecule has 2 N–H and O–H groups in total. The number of hydrogen-bond acceptors (Lipinski definition) is 4. The van der Waals surface area contributed by atoms with Crippen LogP contribution in [0.2, 0.25) is 0 Å². The van der Waals surface area contributed by atoms with E-state index in [1.807, 2.05) is 0 Å². The van der Waals surface area contributed by atoms with Crippen molar-refractivity contribution in [2.24, 2.45) is 0 Å². The quantitative estimate of drug-likeness (QED) is 0.725. The zero-order valence-electron chi connectivity index (χ0n) is 11.2. The van der Waals surface area contributed by atoms with Crippen molar-refractivity contribution >= 4 is 11.6 Å². The van der Waals surface area contributed by atoms with Crippen LogP contribution in [0.5, 0.6) is 5.88 Å². The number of aromatic nitrogens is 1. The highest BCUT2D eigenvalue weighted by molar-refractivity contribution is 5.91. The fourth-order valence-corrected chi connectivity index (χ4v) is 1.50. The van der Waals surface area contributed by atoms with E-state index in [0.29, 0.717) is 24.0 Å². The Morgan fingerprint density at radius 1 is 1.50 bits per heavy atom. The second kappa shape index (κ2) is 7.66. The molecule has 0 saturated carbocycles. The second-order valence-electron chi connectivity index (χ2n) is 4.32. The average Bonchev–Trinajstić information content (AvgIpc) is 2.35. The molecule has 5 nitrogen and oxygen atoms in total. The largest absolute Gasteiger partial charge is 0.480 e. The maximum atomic E-state index is 11.7. The van der Waals surface area contributed by atoms with Gasteiger partial charge in [0.2, 0.25) is 11.8 Å². The standard InChI is InChI=1S/C13H21N3O2/c1-10(2)14-8-5-7-12(17)16-11-6-4-9-15-13(11)18-3/h4,6,9-10,14H,5,7-8H2,1-3H3,(H,16,17). The minimum atomic E-state index is -0.0214. The first-order chi connectivity index (χ1) is 8.63. The molecule has 100 valence electrons. The molecule has 0 spiro atoms. The maximum Gasteiger partial charge on any atom is 0.237 e. The number of carbonyl (C=O) groups is 1. The number of hydrogen-bond donors (Lipinski definition) is 2. The minimum absolute atomic E-state index is 0.0214. The van der Waals surface area contributed by atoms with E-state index >= 15 is 0 Å². The Balaban J connectivity index is 2.35. The van der Waals surface area contributed by atoms with Gasteiger partial charge in [-0.1, -0.05) is 13.8 Å². The molecule has 0 unspecified atom stereocenters. The van der Waals surface area contributed by atoms with E-state index in [1.54, 1.807) is 18.3 Å². The van der Waals surface area contributed by atoms with Gasteiger partial charge in [-0.2, -0.15) is 0 Å². The van der Waals surface area contributed by atoms with Crippen LogP contribution in [-0.2, 0) is 4.79 Å². The number of methoxy groups -OCH3 is 1. The molecule has 0 saturated heterocycles. The molecular weight excluding hydrogens is 230 g/mol. The molecule has 0 aliphatic heterocycles. The predicted molar refractivity (Wildman–Crippen MR) is 71.8 cm³/mol. The summed E-state index contributed by atoms with van der Waals surface area (Å²) in [6.45, 7) is 5.01. The number of amides is 1. The van der Waals surface area contributed by atoms with Crippen molar-refractivity contribution in [1.29, 1.82) is 0 Å². The van der Waals surface area contributed by atoms with Crippen LogP contribution in [-0.4, -0.2) is 30.6 Å². The lowest BCUT2D eigenvalue weighted by molar-refractivity contribution is -0.116. The molecule has 0 bridgehead atoms. The molecule has 1 aromatic rings. The van der Waals surface area contributed by atoms with E-state index in [9.17, 15) is 4.79 Å².